The molecular formula is C27H36Br2N4O. The number of halogens is 2. The van der Waals surface area contributed by atoms with E-state index in [1.807, 2.05) is 0 Å². The van der Waals surface area contributed by atoms with Gasteiger partial charge in [-0.3, -0.25) is 14.6 Å². The van der Waals surface area contributed by atoms with Gasteiger partial charge in [-0.2, -0.15) is 0 Å². The zero-order valence-corrected chi connectivity index (χ0v) is 23.5. The normalized spacial score (nSPS) is 20.8. The molecular weight excluding hydrogens is 556 g/mol. The van der Waals surface area contributed by atoms with Gasteiger partial charge in [0.25, 0.3) is 0 Å². The quantitative estimate of drug-likeness (QED) is 0.466. The number of piperazine rings is 2. The van der Waals surface area contributed by atoms with E-state index in [0.29, 0.717) is 5.78 Å². The summed E-state index contributed by atoms with van der Waals surface area (Å²) in [4.78, 5) is 24.0. The molecule has 0 N–H and O–H groups in total. The highest BCUT2D eigenvalue weighted by Gasteiger charge is 2.36. The molecule has 2 fully saturated rings. The molecule has 0 radical (unpaired) electrons. The minimum Gasteiger partial charge on any atom is -0.304 e. The zero-order valence-electron chi connectivity index (χ0n) is 20.3. The Bertz CT molecular complexity index is 845. The highest BCUT2D eigenvalue weighted by Crippen LogP contribution is 2.22. The minimum atomic E-state index is -0.102. The van der Waals surface area contributed by atoms with Crippen LogP contribution in [0.2, 0.25) is 0 Å². The molecule has 0 saturated carbocycles. The van der Waals surface area contributed by atoms with Crippen molar-refractivity contribution in [2.24, 2.45) is 0 Å². The van der Waals surface area contributed by atoms with Crippen LogP contribution in [0.5, 0.6) is 0 Å². The molecule has 4 rings (SSSR count). The third-order valence-corrected chi connectivity index (χ3v) is 8.36. The lowest BCUT2D eigenvalue weighted by atomic mass is 9.91. The molecule has 2 unspecified atom stereocenters. The van der Waals surface area contributed by atoms with Gasteiger partial charge < -0.3 is 9.80 Å². The standard InChI is InChI=1S/C27H36Br2N4O/c1-30-11-15-32(16-12-30)25(19-21-3-7-23(28)8-4-21)27(34)26(33-17-13-31(2)14-18-33)20-22-5-9-24(29)10-6-22/h3-10,25-26H,11-20H2,1-2H3. The lowest BCUT2D eigenvalue weighted by molar-refractivity contribution is -0.131. The summed E-state index contributed by atoms with van der Waals surface area (Å²) in [5, 5.41) is 0. The second kappa shape index (κ2) is 12.2. The summed E-state index contributed by atoms with van der Waals surface area (Å²) in [5.74, 6) is 0.375. The van der Waals surface area contributed by atoms with Gasteiger partial charge in [-0.05, 0) is 62.3 Å². The van der Waals surface area contributed by atoms with Crippen LogP contribution < -0.4 is 0 Å². The molecule has 2 atom stereocenters. The van der Waals surface area contributed by atoms with Crippen molar-refractivity contribution in [1.82, 2.24) is 19.6 Å². The summed E-state index contributed by atoms with van der Waals surface area (Å²) >= 11 is 7.10. The van der Waals surface area contributed by atoms with Crippen molar-refractivity contribution in [1.29, 1.82) is 0 Å². The summed E-state index contributed by atoms with van der Waals surface area (Å²) in [6.45, 7) is 7.81. The number of Topliss-reactive ketones (excluding diaryl/α,β-unsaturated/α-hetero) is 1. The summed E-state index contributed by atoms with van der Waals surface area (Å²) in [7, 11) is 4.34. The van der Waals surface area contributed by atoms with Crippen molar-refractivity contribution in [3.05, 3.63) is 68.6 Å². The van der Waals surface area contributed by atoms with Crippen molar-refractivity contribution in [2.45, 2.75) is 24.9 Å². The number of rotatable bonds is 8. The van der Waals surface area contributed by atoms with E-state index in [2.05, 4.69) is 114 Å². The number of nitrogens with zero attached hydrogens (tertiary/aromatic N) is 4. The minimum absolute atomic E-state index is 0.102. The second-order valence-electron chi connectivity index (χ2n) is 9.77. The van der Waals surface area contributed by atoms with Crippen LogP contribution in [-0.2, 0) is 17.6 Å². The van der Waals surface area contributed by atoms with Crippen LogP contribution >= 0.6 is 31.9 Å². The summed E-state index contributed by atoms with van der Waals surface area (Å²) in [6, 6.07) is 16.7. The average molecular weight is 592 g/mol. The topological polar surface area (TPSA) is 30.0 Å². The fourth-order valence-electron chi connectivity index (χ4n) is 5.00. The predicted molar refractivity (Wildman–Crippen MR) is 146 cm³/mol. The molecule has 7 heteroatoms. The lowest BCUT2D eigenvalue weighted by Gasteiger charge is -2.42. The first-order valence-electron chi connectivity index (χ1n) is 12.3. The van der Waals surface area contributed by atoms with Gasteiger partial charge in [-0.1, -0.05) is 56.1 Å². The molecule has 2 aromatic carbocycles. The van der Waals surface area contributed by atoms with Crippen LogP contribution in [0.3, 0.4) is 0 Å². The van der Waals surface area contributed by atoms with Crippen molar-refractivity contribution in [2.75, 3.05) is 66.5 Å². The van der Waals surface area contributed by atoms with E-state index >= 15 is 0 Å². The Balaban J connectivity index is 1.61. The Labute approximate surface area is 221 Å². The van der Waals surface area contributed by atoms with E-state index in [4.69, 9.17) is 0 Å². The Kier molecular flexibility index (Phi) is 9.35. The fourth-order valence-corrected chi connectivity index (χ4v) is 5.52. The van der Waals surface area contributed by atoms with E-state index in [1.54, 1.807) is 0 Å². The monoisotopic (exact) mass is 590 g/mol. The molecule has 0 spiro atoms. The summed E-state index contributed by atoms with van der Waals surface area (Å²) < 4.78 is 2.15. The Morgan fingerprint density at radius 1 is 0.647 bits per heavy atom. The molecule has 2 aliphatic heterocycles. The smallest absolute Gasteiger partial charge is 0.167 e. The van der Waals surface area contributed by atoms with Gasteiger partial charge in [-0.25, -0.2) is 0 Å². The first-order valence-corrected chi connectivity index (χ1v) is 13.9. The van der Waals surface area contributed by atoms with E-state index in [0.717, 1.165) is 74.1 Å². The maximum atomic E-state index is 14.4. The maximum absolute atomic E-state index is 14.4. The number of hydrogen-bond acceptors (Lipinski definition) is 5. The Morgan fingerprint density at radius 2 is 0.971 bits per heavy atom. The lowest BCUT2D eigenvalue weighted by Crippen LogP contribution is -2.59. The molecule has 184 valence electrons. The highest BCUT2D eigenvalue weighted by atomic mass is 79.9. The molecule has 0 aliphatic carbocycles. The molecule has 5 nitrogen and oxygen atoms in total. The first-order chi connectivity index (χ1) is 16.4. The summed E-state index contributed by atoms with van der Waals surface area (Å²) in [5.41, 5.74) is 2.45. The third kappa shape index (κ3) is 6.99. The van der Waals surface area contributed by atoms with Crippen molar-refractivity contribution >= 4 is 37.6 Å². The van der Waals surface area contributed by atoms with Gasteiger partial charge in [0.05, 0.1) is 12.1 Å². The maximum Gasteiger partial charge on any atom is 0.167 e. The Hall–Kier alpha value is -1.09. The van der Waals surface area contributed by atoms with Crippen molar-refractivity contribution in [3.8, 4) is 0 Å². The zero-order chi connectivity index (χ0) is 24.1. The molecule has 2 aliphatic rings. The van der Waals surface area contributed by atoms with Crippen LogP contribution in [-0.4, -0.2) is 104 Å². The van der Waals surface area contributed by atoms with E-state index in [9.17, 15) is 4.79 Å². The third-order valence-electron chi connectivity index (χ3n) is 7.30. The SMILES string of the molecule is CN1CCN(C(Cc2ccc(Br)cc2)C(=O)C(Cc2ccc(Br)cc2)N2CCN(C)CC2)CC1. The van der Waals surface area contributed by atoms with Crippen molar-refractivity contribution < 1.29 is 4.79 Å². The number of benzene rings is 2. The van der Waals surface area contributed by atoms with Crippen LogP contribution in [0.25, 0.3) is 0 Å². The van der Waals surface area contributed by atoms with Crippen LogP contribution in [0.1, 0.15) is 11.1 Å². The Morgan fingerprint density at radius 3 is 1.29 bits per heavy atom. The van der Waals surface area contributed by atoms with E-state index in [-0.39, 0.29) is 12.1 Å². The molecule has 34 heavy (non-hydrogen) atoms. The fraction of sp³-hybridized carbons (Fsp3) is 0.519. The van der Waals surface area contributed by atoms with Crippen LogP contribution in [0, 0.1) is 0 Å². The molecule has 2 aromatic rings. The molecule has 0 amide bonds. The van der Waals surface area contributed by atoms with Gasteiger partial charge in [-0.15, -0.1) is 0 Å². The van der Waals surface area contributed by atoms with Crippen LogP contribution in [0.15, 0.2) is 57.5 Å². The van der Waals surface area contributed by atoms with Crippen molar-refractivity contribution in [3.63, 3.8) is 0 Å². The second-order valence-corrected chi connectivity index (χ2v) is 11.6. The molecule has 2 saturated heterocycles. The van der Waals surface area contributed by atoms with Gasteiger partial charge in [0.1, 0.15) is 0 Å². The number of ketones is 1. The molecule has 2 heterocycles. The number of likely N-dealkylation sites (N-methyl/N-ethyl adjacent to an activating group) is 2. The average Bonchev–Trinajstić information content (AvgIpc) is 2.84. The number of hydrogen-bond donors (Lipinski definition) is 0. The van der Waals surface area contributed by atoms with E-state index < -0.39 is 0 Å². The van der Waals surface area contributed by atoms with Gasteiger partial charge in [0, 0.05) is 61.3 Å². The summed E-state index contributed by atoms with van der Waals surface area (Å²) in [6.07, 6.45) is 1.53. The molecule has 0 aromatic heterocycles. The van der Waals surface area contributed by atoms with Gasteiger partial charge >= 0.3 is 0 Å². The van der Waals surface area contributed by atoms with E-state index in [1.165, 1.54) is 11.1 Å². The first kappa shape index (κ1) is 26.0. The largest absolute Gasteiger partial charge is 0.304 e. The predicted octanol–water partition coefficient (Wildman–Crippen LogP) is 3.80. The number of carbonyl (C=O) groups is 1. The van der Waals surface area contributed by atoms with Gasteiger partial charge in [0.2, 0.25) is 0 Å². The molecule has 0 bridgehead atoms. The van der Waals surface area contributed by atoms with Gasteiger partial charge in [0.15, 0.2) is 5.78 Å². The highest BCUT2D eigenvalue weighted by molar-refractivity contribution is 9.10. The van der Waals surface area contributed by atoms with Crippen LogP contribution in [0.4, 0.5) is 0 Å². The number of carbonyl (C=O) groups excluding carboxylic acids is 1.